The van der Waals surface area contributed by atoms with E-state index in [2.05, 4.69) is 0 Å². The Balaban J connectivity index is 0.00000700. The Labute approximate surface area is 384 Å². The molecule has 2 amide bonds. The molecule has 1 aromatic heterocycles. The van der Waals surface area contributed by atoms with Gasteiger partial charge in [-0.15, -0.1) is 11.8 Å². The third kappa shape index (κ3) is 10.8. The largest absolute Gasteiger partial charge is 1.00 e. The number of esters is 2. The fraction of sp³-hybridized carbons (Fsp3) is 0.357. The number of carbonyl (C=O) groups excluding carboxylic acids is 4. The molecule has 342 valence electrons. The van der Waals surface area contributed by atoms with Crippen molar-refractivity contribution in [1.29, 1.82) is 0 Å². The minimum atomic E-state index is -0.990. The Morgan fingerprint density at radius 2 is 1.34 bits per heavy atom. The van der Waals surface area contributed by atoms with Crippen molar-refractivity contribution in [1.82, 2.24) is 14.4 Å². The van der Waals surface area contributed by atoms with Gasteiger partial charge in [0.05, 0.1) is 38.9 Å². The number of aromatic nitrogens is 2. The summed E-state index contributed by atoms with van der Waals surface area (Å²) in [5, 5.41) is 43.4. The summed E-state index contributed by atoms with van der Waals surface area (Å²) in [5.41, 5.74) is 1.28. The number of nitro benzene ring substituents is 3. The molecule has 23 heteroatoms. The Morgan fingerprint density at radius 1 is 0.831 bits per heavy atom. The predicted octanol–water partition coefficient (Wildman–Crippen LogP) is 1.57. The molecule has 4 aromatic rings. The number of carbonyl (C=O) groups is 4. The highest BCUT2D eigenvalue weighted by atomic mass is 79.9. The smallest absolute Gasteiger partial charge is 0.410 e. The molecule has 0 saturated carbocycles. The first-order valence-corrected chi connectivity index (χ1v) is 20.9. The Hall–Kier alpha value is -6.72. The van der Waals surface area contributed by atoms with Crippen LogP contribution in [0, 0.1) is 42.2 Å². The zero-order chi connectivity index (χ0) is 45.8. The van der Waals surface area contributed by atoms with E-state index in [1.165, 1.54) is 96.4 Å². The van der Waals surface area contributed by atoms with Gasteiger partial charge in [-0.1, -0.05) is 6.92 Å². The number of likely N-dealkylation sites (tertiary alicyclic amines) is 1. The summed E-state index contributed by atoms with van der Waals surface area (Å²) in [7, 11) is 0. The highest BCUT2D eigenvalue weighted by molar-refractivity contribution is 8.03. The number of aliphatic hydroxyl groups is 1. The van der Waals surface area contributed by atoms with Crippen LogP contribution in [0.4, 0.5) is 21.9 Å². The van der Waals surface area contributed by atoms with Crippen molar-refractivity contribution in [3.05, 3.63) is 149 Å². The molecule has 65 heavy (non-hydrogen) atoms. The molecular weight excluding hydrogens is 938 g/mol. The Kier molecular flexibility index (Phi) is 15.0. The molecule has 0 unspecified atom stereocenters. The first kappa shape index (κ1) is 47.8. The number of aliphatic hydroxyl groups excluding tert-OH is 1. The Bertz CT molecular complexity index is 2500. The van der Waals surface area contributed by atoms with Gasteiger partial charge in [0.25, 0.3) is 17.1 Å². The normalized spacial score (nSPS) is 20.3. The average Bonchev–Trinajstić information content (AvgIpc) is 3.95. The van der Waals surface area contributed by atoms with Crippen molar-refractivity contribution < 1.29 is 74.8 Å². The SMILES string of the molecule is C[C@@H](O)[C@H]1C(=O)N2C(C(=O)OCc3ccc([N+](=O)[O-])cc3)=C(S[C@H]3C[C@@H](Cn4cc[n+](CC(=O)OCc5ccc([N+](=O)[O-])cc5)c4)N(C(=O)OCc4ccc([N+](=O)[O-])cc4)C3)[C@H](C)[C@H]12.[Br-]. The highest BCUT2D eigenvalue weighted by Gasteiger charge is 2.60. The summed E-state index contributed by atoms with van der Waals surface area (Å²) < 4.78 is 20.1. The van der Waals surface area contributed by atoms with E-state index in [0.29, 0.717) is 28.0 Å². The molecule has 3 aromatic carbocycles. The lowest BCUT2D eigenvalue weighted by Crippen LogP contribution is -3.00. The summed E-state index contributed by atoms with van der Waals surface area (Å²) in [6.07, 6.45) is 3.79. The maximum absolute atomic E-state index is 13.9. The van der Waals surface area contributed by atoms with Gasteiger partial charge in [0.2, 0.25) is 12.2 Å². The van der Waals surface area contributed by atoms with Crippen molar-refractivity contribution in [2.24, 2.45) is 11.8 Å². The van der Waals surface area contributed by atoms with Crippen LogP contribution in [0.5, 0.6) is 0 Å². The summed E-state index contributed by atoms with van der Waals surface area (Å²) >= 11 is 1.33. The summed E-state index contributed by atoms with van der Waals surface area (Å²) in [4.78, 5) is 88.9. The van der Waals surface area contributed by atoms with Crippen LogP contribution < -0.4 is 21.5 Å². The van der Waals surface area contributed by atoms with Crippen molar-refractivity contribution in [2.45, 2.75) is 76.6 Å². The van der Waals surface area contributed by atoms with Crippen LogP contribution in [0.1, 0.15) is 37.0 Å². The second kappa shape index (κ2) is 20.4. The maximum atomic E-state index is 13.9. The number of non-ortho nitro benzene ring substituents is 3. The van der Waals surface area contributed by atoms with Crippen LogP contribution in [0.25, 0.3) is 0 Å². The number of hydrogen-bond acceptors (Lipinski definition) is 15. The van der Waals surface area contributed by atoms with E-state index >= 15 is 0 Å². The van der Waals surface area contributed by atoms with Crippen LogP contribution in [-0.2, 0) is 61.5 Å². The standard InChI is InChI=1S/C42H42N7O14S.BrH/c1-25-37-36(26(2)50)40(52)46(37)38(41(53)62-22-28-5-11-31(12-6-28)48(57)58)39(25)64-34-17-33(45(19-34)42(54)63-23-29-7-13-32(14-8-29)49(59)60)18-43-15-16-44(24-43)20-35(51)61-21-27-3-9-30(10-4-27)47(55)56;/h3-16,24-26,33-34,36-37,50H,17-23H2,1-2H3;1H/q+1;/p-1/t25-,26-,33+,34+,36-,37-;/m1./s1. The van der Waals surface area contributed by atoms with Gasteiger partial charge >= 0.3 is 18.0 Å². The number of β-lactam (4-membered cyclic amide) rings is 1. The van der Waals surface area contributed by atoms with E-state index in [9.17, 15) is 54.6 Å². The minimum absolute atomic E-state index is 0. The zero-order valence-corrected chi connectivity index (χ0v) is 37.1. The van der Waals surface area contributed by atoms with E-state index in [-0.39, 0.29) is 84.4 Å². The molecule has 3 aliphatic rings. The summed E-state index contributed by atoms with van der Waals surface area (Å²) in [5.74, 6) is -2.93. The zero-order valence-electron chi connectivity index (χ0n) is 34.7. The molecule has 3 aliphatic heterocycles. The van der Waals surface area contributed by atoms with Gasteiger partial charge in [-0.3, -0.25) is 35.1 Å². The number of rotatable bonds is 17. The van der Waals surface area contributed by atoms with Crippen LogP contribution in [-0.4, -0.2) is 88.2 Å². The van der Waals surface area contributed by atoms with E-state index in [1.54, 1.807) is 32.8 Å². The molecule has 0 spiro atoms. The number of thioether (sulfide) groups is 1. The number of nitro groups is 3. The van der Waals surface area contributed by atoms with Crippen molar-refractivity contribution in [2.75, 3.05) is 6.54 Å². The number of nitrogens with zero attached hydrogens (tertiary/aromatic N) is 7. The van der Waals surface area contributed by atoms with Crippen LogP contribution >= 0.6 is 11.8 Å². The van der Waals surface area contributed by atoms with Gasteiger partial charge in [0.1, 0.15) is 44.5 Å². The molecule has 1 N–H and O–H groups in total. The monoisotopic (exact) mass is 979 g/mol. The molecule has 6 atom stereocenters. The summed E-state index contributed by atoms with van der Waals surface area (Å²) in [6.45, 7) is 3.15. The molecule has 4 heterocycles. The van der Waals surface area contributed by atoms with Gasteiger partial charge in [0, 0.05) is 59.0 Å². The van der Waals surface area contributed by atoms with E-state index in [0.717, 1.165) is 0 Å². The first-order chi connectivity index (χ1) is 30.6. The number of benzene rings is 3. The van der Waals surface area contributed by atoms with E-state index < -0.39 is 68.7 Å². The molecule has 2 fully saturated rings. The number of imidazole rings is 1. The van der Waals surface area contributed by atoms with Crippen molar-refractivity contribution in [3.63, 3.8) is 0 Å². The molecule has 7 rings (SSSR count). The van der Waals surface area contributed by atoms with E-state index in [4.69, 9.17) is 14.2 Å². The highest BCUT2D eigenvalue weighted by Crippen LogP contribution is 2.52. The topological polar surface area (TPSA) is 261 Å². The van der Waals surface area contributed by atoms with Gasteiger partial charge in [-0.2, -0.15) is 0 Å². The van der Waals surface area contributed by atoms with Crippen LogP contribution in [0.15, 0.2) is 102 Å². The van der Waals surface area contributed by atoms with E-state index in [1.807, 2.05) is 6.92 Å². The maximum Gasteiger partial charge on any atom is 0.410 e. The number of hydrogen-bond donors (Lipinski definition) is 1. The van der Waals surface area contributed by atoms with Crippen LogP contribution in [0.3, 0.4) is 0 Å². The first-order valence-electron chi connectivity index (χ1n) is 20.0. The quantitative estimate of drug-likeness (QED) is 0.0393. The number of halogens is 1. The lowest BCUT2D eigenvalue weighted by molar-refractivity contribution is -0.685. The molecule has 21 nitrogen and oxygen atoms in total. The summed E-state index contributed by atoms with van der Waals surface area (Å²) in [6, 6.07) is 15.7. The number of ether oxygens (including phenoxy) is 3. The lowest BCUT2D eigenvalue weighted by atomic mass is 9.79. The van der Waals surface area contributed by atoms with Gasteiger partial charge in [0.15, 0.2) is 6.54 Å². The van der Waals surface area contributed by atoms with Gasteiger partial charge < -0.3 is 46.1 Å². The fourth-order valence-corrected chi connectivity index (χ4v) is 9.59. The fourth-order valence-electron chi connectivity index (χ4n) is 8.03. The molecule has 2 saturated heterocycles. The third-order valence-electron chi connectivity index (χ3n) is 11.3. The number of fused-ring (bicyclic) bond motifs is 1. The van der Waals surface area contributed by atoms with Crippen molar-refractivity contribution >= 4 is 52.8 Å². The molecule has 0 radical (unpaired) electrons. The van der Waals surface area contributed by atoms with Gasteiger partial charge in [-0.05, 0) is 66.4 Å². The Morgan fingerprint density at radius 3 is 1.85 bits per heavy atom. The van der Waals surface area contributed by atoms with Crippen molar-refractivity contribution in [3.8, 4) is 0 Å². The molecule has 0 aliphatic carbocycles. The predicted molar refractivity (Wildman–Crippen MR) is 222 cm³/mol. The molecular formula is C42H42BrN7O14S. The molecule has 0 bridgehead atoms. The number of amides is 2. The second-order valence-corrected chi connectivity index (χ2v) is 16.9. The lowest BCUT2D eigenvalue weighted by Gasteiger charge is -2.46. The van der Waals surface area contributed by atoms with Crippen LogP contribution in [0.2, 0.25) is 0 Å². The second-order valence-electron chi connectivity index (χ2n) is 15.6. The third-order valence-corrected chi connectivity index (χ3v) is 12.8. The minimum Gasteiger partial charge on any atom is -1.00 e. The van der Waals surface area contributed by atoms with Gasteiger partial charge in [-0.25, -0.2) is 23.5 Å². The average molecular weight is 981 g/mol.